The summed E-state index contributed by atoms with van der Waals surface area (Å²) in [6, 6.07) is 7.49. The maximum Gasteiger partial charge on any atom is 0.435 e. The Morgan fingerprint density at radius 1 is 1.16 bits per heavy atom. The average molecular weight is 540 g/mol. The first-order chi connectivity index (χ1) is 17.7. The molecule has 0 spiro atoms. The number of carbonyl (C=O) groups is 1. The Balaban J connectivity index is 1.52. The number of hydrogen-bond acceptors (Lipinski definition) is 7. The standard InChI is InChI=1S/C26H36F3N5O2S/c1-4-34(19(2)20-6-5-7-21(18-20)33-14-16-36-17-15-33)25(35)23-24(26(27,28)29)30-22(37-23)8-9-32-12-10-31(3)11-13-32/h5-7,18-19H,4,8-17H2,1-3H3/t19-/m0/s1. The van der Waals surface area contributed by atoms with Crippen molar-refractivity contribution in [1.82, 2.24) is 19.7 Å². The van der Waals surface area contributed by atoms with Crippen LogP contribution in [0.2, 0.25) is 0 Å². The summed E-state index contributed by atoms with van der Waals surface area (Å²) < 4.78 is 47.3. The summed E-state index contributed by atoms with van der Waals surface area (Å²) in [6.45, 7) is 11.1. The molecule has 3 heterocycles. The number of likely N-dealkylation sites (N-methyl/N-ethyl adjacent to an activating group) is 1. The second-order valence-corrected chi connectivity index (χ2v) is 10.7. The summed E-state index contributed by atoms with van der Waals surface area (Å²) in [5, 5.41) is 0.354. The van der Waals surface area contributed by atoms with E-state index in [0.29, 0.717) is 31.2 Å². The predicted molar refractivity (Wildman–Crippen MR) is 139 cm³/mol. The molecule has 1 aromatic heterocycles. The average Bonchev–Trinajstić information content (AvgIpc) is 3.34. The van der Waals surface area contributed by atoms with Gasteiger partial charge in [0.1, 0.15) is 4.88 Å². The highest BCUT2D eigenvalue weighted by molar-refractivity contribution is 7.13. The van der Waals surface area contributed by atoms with Gasteiger partial charge in [0.15, 0.2) is 5.69 Å². The summed E-state index contributed by atoms with van der Waals surface area (Å²) in [4.78, 5) is 25.3. The maximum absolute atomic E-state index is 14.0. The second-order valence-electron chi connectivity index (χ2n) is 9.64. The molecule has 2 aromatic rings. The number of amides is 1. The SMILES string of the molecule is CCN(C(=O)c1sc(CCN2CCN(C)CC2)nc1C(F)(F)F)[C@@H](C)c1cccc(N2CCOCC2)c1. The van der Waals surface area contributed by atoms with Gasteiger partial charge in [-0.3, -0.25) is 4.79 Å². The van der Waals surface area contributed by atoms with E-state index in [0.717, 1.165) is 61.9 Å². The Bertz CT molecular complexity index is 1050. The molecule has 1 aromatic carbocycles. The molecular weight excluding hydrogens is 503 g/mol. The monoisotopic (exact) mass is 539 g/mol. The van der Waals surface area contributed by atoms with Gasteiger partial charge in [-0.25, -0.2) is 4.98 Å². The number of nitrogens with zero attached hydrogens (tertiary/aromatic N) is 5. The number of piperazine rings is 1. The van der Waals surface area contributed by atoms with E-state index in [1.165, 1.54) is 4.90 Å². The van der Waals surface area contributed by atoms with Crippen LogP contribution >= 0.6 is 11.3 Å². The molecule has 1 atom stereocenters. The molecule has 0 radical (unpaired) electrons. The topological polar surface area (TPSA) is 52.2 Å². The first-order valence-corrected chi connectivity index (χ1v) is 13.7. The van der Waals surface area contributed by atoms with Gasteiger partial charge in [0, 0.05) is 64.5 Å². The van der Waals surface area contributed by atoms with E-state index >= 15 is 0 Å². The van der Waals surface area contributed by atoms with E-state index in [1.807, 2.05) is 31.2 Å². The first-order valence-electron chi connectivity index (χ1n) is 12.9. The minimum Gasteiger partial charge on any atom is -0.378 e. The van der Waals surface area contributed by atoms with E-state index in [1.54, 1.807) is 6.92 Å². The van der Waals surface area contributed by atoms with Crippen LogP contribution in [0.5, 0.6) is 0 Å². The zero-order valence-corrected chi connectivity index (χ0v) is 22.6. The van der Waals surface area contributed by atoms with Crippen molar-refractivity contribution in [3.63, 3.8) is 0 Å². The van der Waals surface area contributed by atoms with Crippen molar-refractivity contribution in [2.75, 3.05) is 77.5 Å². The molecule has 11 heteroatoms. The summed E-state index contributed by atoms with van der Waals surface area (Å²) in [5.41, 5.74) is 0.840. The van der Waals surface area contributed by atoms with Crippen molar-refractivity contribution in [3.05, 3.63) is 45.4 Å². The largest absolute Gasteiger partial charge is 0.435 e. The molecule has 37 heavy (non-hydrogen) atoms. The van der Waals surface area contributed by atoms with Gasteiger partial charge in [0.05, 0.1) is 24.3 Å². The third kappa shape index (κ3) is 6.81. The van der Waals surface area contributed by atoms with Gasteiger partial charge < -0.3 is 24.3 Å². The Morgan fingerprint density at radius 2 is 1.86 bits per heavy atom. The van der Waals surface area contributed by atoms with Gasteiger partial charge in [0.2, 0.25) is 0 Å². The van der Waals surface area contributed by atoms with Gasteiger partial charge in [-0.05, 0) is 38.6 Å². The quantitative estimate of drug-likeness (QED) is 0.506. The zero-order chi connectivity index (χ0) is 26.6. The number of rotatable bonds is 8. The minimum atomic E-state index is -4.69. The van der Waals surface area contributed by atoms with Gasteiger partial charge in [-0.2, -0.15) is 13.2 Å². The van der Waals surface area contributed by atoms with Crippen LogP contribution in [0.3, 0.4) is 0 Å². The summed E-state index contributed by atoms with van der Waals surface area (Å²) in [5.74, 6) is -0.623. The predicted octanol–water partition coefficient (Wildman–Crippen LogP) is 4.01. The highest BCUT2D eigenvalue weighted by Gasteiger charge is 2.41. The molecular formula is C26H36F3N5O2S. The normalized spacial score (nSPS) is 18.7. The Hall–Kier alpha value is -2.21. The number of morpholine rings is 1. The maximum atomic E-state index is 14.0. The van der Waals surface area contributed by atoms with Crippen molar-refractivity contribution in [1.29, 1.82) is 0 Å². The fourth-order valence-electron chi connectivity index (χ4n) is 4.84. The number of anilines is 1. The summed E-state index contributed by atoms with van der Waals surface area (Å²) in [7, 11) is 2.06. The minimum absolute atomic E-state index is 0.285. The van der Waals surface area contributed by atoms with Crippen LogP contribution in [0, 0.1) is 0 Å². The highest BCUT2D eigenvalue weighted by Crippen LogP contribution is 2.37. The van der Waals surface area contributed by atoms with Crippen molar-refractivity contribution in [2.24, 2.45) is 0 Å². The van der Waals surface area contributed by atoms with Crippen LogP contribution in [0.15, 0.2) is 24.3 Å². The second kappa shape index (κ2) is 12.1. The van der Waals surface area contributed by atoms with E-state index in [9.17, 15) is 18.0 Å². The van der Waals surface area contributed by atoms with E-state index in [4.69, 9.17) is 4.74 Å². The van der Waals surface area contributed by atoms with Crippen LogP contribution in [0.4, 0.5) is 18.9 Å². The third-order valence-corrected chi connectivity index (χ3v) is 8.27. The van der Waals surface area contributed by atoms with Crippen molar-refractivity contribution in [3.8, 4) is 0 Å². The lowest BCUT2D eigenvalue weighted by Crippen LogP contribution is -2.45. The van der Waals surface area contributed by atoms with Gasteiger partial charge >= 0.3 is 6.18 Å². The Morgan fingerprint density at radius 3 is 2.51 bits per heavy atom. The lowest BCUT2D eigenvalue weighted by Gasteiger charge is -2.32. The van der Waals surface area contributed by atoms with Gasteiger partial charge in [0.25, 0.3) is 5.91 Å². The molecule has 2 aliphatic rings. The number of ether oxygens (including phenoxy) is 1. The molecule has 2 saturated heterocycles. The van der Waals surface area contributed by atoms with Crippen LogP contribution in [-0.2, 0) is 17.3 Å². The molecule has 4 rings (SSSR count). The van der Waals surface area contributed by atoms with Crippen LogP contribution in [0.1, 0.15) is 45.8 Å². The molecule has 7 nitrogen and oxygen atoms in total. The van der Waals surface area contributed by atoms with Crippen LogP contribution < -0.4 is 4.90 Å². The summed E-state index contributed by atoms with van der Waals surface area (Å²) in [6.07, 6.45) is -4.29. The van der Waals surface area contributed by atoms with E-state index in [-0.39, 0.29) is 11.4 Å². The number of alkyl halides is 3. The van der Waals surface area contributed by atoms with Gasteiger partial charge in [-0.15, -0.1) is 11.3 Å². The van der Waals surface area contributed by atoms with Crippen LogP contribution in [-0.4, -0.2) is 98.2 Å². The Kier molecular flexibility index (Phi) is 9.10. The van der Waals surface area contributed by atoms with E-state index < -0.39 is 23.8 Å². The first kappa shape index (κ1) is 27.8. The fraction of sp³-hybridized carbons (Fsp3) is 0.615. The Labute approximate surface area is 220 Å². The number of carbonyl (C=O) groups excluding carboxylic acids is 1. The van der Waals surface area contributed by atoms with Crippen molar-refractivity contribution in [2.45, 2.75) is 32.5 Å². The molecule has 2 fully saturated rings. The van der Waals surface area contributed by atoms with Crippen molar-refractivity contribution < 1.29 is 22.7 Å². The molecule has 0 bridgehead atoms. The third-order valence-electron chi connectivity index (χ3n) is 7.17. The lowest BCUT2D eigenvalue weighted by molar-refractivity contribution is -0.141. The molecule has 0 saturated carbocycles. The van der Waals surface area contributed by atoms with Gasteiger partial charge in [-0.1, -0.05) is 12.1 Å². The summed E-state index contributed by atoms with van der Waals surface area (Å²) >= 11 is 0.884. The highest BCUT2D eigenvalue weighted by atomic mass is 32.1. The smallest absolute Gasteiger partial charge is 0.378 e. The molecule has 2 aliphatic heterocycles. The number of halogens is 3. The number of benzene rings is 1. The lowest BCUT2D eigenvalue weighted by atomic mass is 10.0. The number of hydrogen-bond donors (Lipinski definition) is 0. The molecule has 0 unspecified atom stereocenters. The molecule has 204 valence electrons. The fourth-order valence-corrected chi connectivity index (χ4v) is 5.87. The molecule has 0 aliphatic carbocycles. The van der Waals surface area contributed by atoms with Crippen molar-refractivity contribution >= 4 is 22.9 Å². The number of thiazole rings is 1. The van der Waals surface area contributed by atoms with E-state index in [2.05, 4.69) is 26.7 Å². The number of aromatic nitrogens is 1. The zero-order valence-electron chi connectivity index (χ0n) is 21.8. The molecule has 1 amide bonds. The van der Waals surface area contributed by atoms with Crippen LogP contribution in [0.25, 0.3) is 0 Å². The molecule has 0 N–H and O–H groups in total.